The van der Waals surface area contributed by atoms with Crippen LogP contribution in [0.5, 0.6) is 0 Å². The quantitative estimate of drug-likeness (QED) is 0.490. The lowest BCUT2D eigenvalue weighted by Gasteiger charge is -1.97. The predicted octanol–water partition coefficient (Wildman–Crippen LogP) is 2.85. The molecule has 0 spiro atoms. The minimum absolute atomic E-state index is 0.122. The van der Waals surface area contributed by atoms with Gasteiger partial charge in [-0.05, 0) is 18.2 Å². The van der Waals surface area contributed by atoms with Gasteiger partial charge < -0.3 is 9.47 Å². The molecule has 0 amide bonds. The van der Waals surface area contributed by atoms with Crippen LogP contribution in [0, 0.1) is 10.1 Å². The smallest absolute Gasteiger partial charge is 0.338 e. The van der Waals surface area contributed by atoms with Crippen molar-refractivity contribution in [1.29, 1.82) is 0 Å². The Morgan fingerprint density at radius 3 is 1.91 bits per heavy atom. The fraction of sp³-hybridized carbons (Fsp3) is 0.125. The number of nitrogens with zero attached hydrogens (tertiary/aromatic N) is 1. The van der Waals surface area contributed by atoms with Crippen molar-refractivity contribution in [2.45, 2.75) is 0 Å². The van der Waals surface area contributed by atoms with Crippen LogP contribution >= 0.6 is 0 Å². The molecule has 0 fully saturated rings. The zero-order valence-corrected chi connectivity index (χ0v) is 12.6. The first-order valence-electron chi connectivity index (χ1n) is 6.45. The van der Waals surface area contributed by atoms with E-state index in [0.29, 0.717) is 5.56 Å². The Morgan fingerprint density at radius 1 is 0.870 bits per heavy atom. The monoisotopic (exact) mass is 317 g/mol. The number of carbonyl (C=O) groups excluding carboxylic acids is 2. The second-order valence-electron chi connectivity index (χ2n) is 4.16. The summed E-state index contributed by atoms with van der Waals surface area (Å²) >= 11 is 0. The van der Waals surface area contributed by atoms with E-state index in [2.05, 4.69) is 9.47 Å². The summed E-state index contributed by atoms with van der Waals surface area (Å²) in [5.74, 6) is -0.871. The zero-order chi connectivity index (χ0) is 17.2. The number of ether oxygens (including phenoxy) is 2. The van der Waals surface area contributed by atoms with Gasteiger partial charge in [-0.3, -0.25) is 10.1 Å². The number of nitro groups is 1. The van der Waals surface area contributed by atoms with Crippen LogP contribution in [-0.4, -0.2) is 31.1 Å². The van der Waals surface area contributed by atoms with Crippen molar-refractivity contribution in [3.8, 4) is 0 Å². The Hall–Kier alpha value is -3.22. The molecule has 0 aliphatic carbocycles. The molecule has 0 radical (unpaired) electrons. The molecule has 0 N–H and O–H groups in total. The van der Waals surface area contributed by atoms with E-state index in [4.69, 9.17) is 0 Å². The number of non-ortho nitro benzene ring substituents is 1. The average molecular weight is 317 g/mol. The van der Waals surface area contributed by atoms with E-state index in [-0.39, 0.29) is 17.2 Å². The van der Waals surface area contributed by atoms with Crippen LogP contribution in [0.25, 0.3) is 0 Å². The standard InChI is InChI=1S/C8H7NO4.C8H8O2/c1-13-8(10)6-3-2-4-7(5-6)9(11)12;1-10-8(9)7-5-3-2-4-6-7/h2-5H,1H3;2-6H,1H3. The van der Waals surface area contributed by atoms with E-state index in [0.717, 1.165) is 0 Å². The second kappa shape index (κ2) is 8.93. The Bertz CT molecular complexity index is 684. The lowest BCUT2D eigenvalue weighted by molar-refractivity contribution is -0.384. The lowest BCUT2D eigenvalue weighted by atomic mass is 10.2. The summed E-state index contributed by atoms with van der Waals surface area (Å²) in [6.45, 7) is 0. The maximum Gasteiger partial charge on any atom is 0.338 e. The van der Waals surface area contributed by atoms with Gasteiger partial charge in [0.1, 0.15) is 0 Å². The highest BCUT2D eigenvalue weighted by atomic mass is 16.6. The Labute approximate surface area is 132 Å². The summed E-state index contributed by atoms with van der Waals surface area (Å²) in [5, 5.41) is 10.3. The molecule has 0 unspecified atom stereocenters. The molecular formula is C16H15NO6. The van der Waals surface area contributed by atoms with Gasteiger partial charge in [-0.15, -0.1) is 0 Å². The van der Waals surface area contributed by atoms with Gasteiger partial charge in [0.25, 0.3) is 5.69 Å². The van der Waals surface area contributed by atoms with Gasteiger partial charge in [-0.1, -0.05) is 24.3 Å². The van der Waals surface area contributed by atoms with Crippen molar-refractivity contribution < 1.29 is 24.0 Å². The highest BCUT2D eigenvalue weighted by molar-refractivity contribution is 5.90. The van der Waals surface area contributed by atoms with Gasteiger partial charge >= 0.3 is 11.9 Å². The fourth-order valence-corrected chi connectivity index (χ4v) is 1.56. The average Bonchev–Trinajstić information content (AvgIpc) is 2.61. The van der Waals surface area contributed by atoms with Crippen molar-refractivity contribution in [2.75, 3.05) is 14.2 Å². The summed E-state index contributed by atoms with van der Waals surface area (Å²) < 4.78 is 8.91. The van der Waals surface area contributed by atoms with Crippen LogP contribution in [0.3, 0.4) is 0 Å². The van der Waals surface area contributed by atoms with Gasteiger partial charge in [0.2, 0.25) is 0 Å². The first-order valence-corrected chi connectivity index (χ1v) is 6.45. The minimum Gasteiger partial charge on any atom is -0.465 e. The summed E-state index contributed by atoms with van der Waals surface area (Å²) in [6, 6.07) is 14.3. The highest BCUT2D eigenvalue weighted by Crippen LogP contribution is 2.13. The number of nitro benzene ring substituents is 1. The number of hydrogen-bond donors (Lipinski definition) is 0. The third-order valence-corrected chi connectivity index (χ3v) is 2.67. The number of carbonyl (C=O) groups is 2. The highest BCUT2D eigenvalue weighted by Gasteiger charge is 2.10. The van der Waals surface area contributed by atoms with Crippen LogP contribution in [0.4, 0.5) is 5.69 Å². The Kier molecular flexibility index (Phi) is 6.93. The van der Waals surface area contributed by atoms with Gasteiger partial charge in [-0.25, -0.2) is 9.59 Å². The van der Waals surface area contributed by atoms with Crippen molar-refractivity contribution in [1.82, 2.24) is 0 Å². The molecule has 0 saturated heterocycles. The van der Waals surface area contributed by atoms with E-state index in [1.807, 2.05) is 6.07 Å². The molecule has 0 aliphatic heterocycles. The van der Waals surface area contributed by atoms with Crippen molar-refractivity contribution in [3.05, 3.63) is 75.8 Å². The first-order chi connectivity index (χ1) is 11.0. The Balaban J connectivity index is 0.000000238. The molecule has 2 rings (SSSR count). The molecule has 2 aromatic carbocycles. The molecule has 0 heterocycles. The molecular weight excluding hydrogens is 302 g/mol. The molecule has 2 aromatic rings. The molecule has 0 saturated carbocycles. The molecule has 0 bridgehead atoms. The van der Waals surface area contributed by atoms with E-state index < -0.39 is 10.9 Å². The molecule has 120 valence electrons. The zero-order valence-electron chi connectivity index (χ0n) is 12.6. The maximum atomic E-state index is 10.9. The van der Waals surface area contributed by atoms with Crippen molar-refractivity contribution in [3.63, 3.8) is 0 Å². The van der Waals surface area contributed by atoms with E-state index in [1.54, 1.807) is 24.3 Å². The van der Waals surface area contributed by atoms with Crippen LogP contribution in [0.1, 0.15) is 20.7 Å². The van der Waals surface area contributed by atoms with E-state index >= 15 is 0 Å². The van der Waals surface area contributed by atoms with Crippen molar-refractivity contribution in [2.24, 2.45) is 0 Å². The predicted molar refractivity (Wildman–Crippen MR) is 82.2 cm³/mol. The summed E-state index contributed by atoms with van der Waals surface area (Å²) in [6.07, 6.45) is 0. The van der Waals surface area contributed by atoms with Gasteiger partial charge in [-0.2, -0.15) is 0 Å². The van der Waals surface area contributed by atoms with Crippen LogP contribution in [0.15, 0.2) is 54.6 Å². The largest absolute Gasteiger partial charge is 0.465 e. The van der Waals surface area contributed by atoms with Gasteiger partial charge in [0, 0.05) is 12.1 Å². The van der Waals surface area contributed by atoms with E-state index in [1.165, 1.54) is 38.5 Å². The SMILES string of the molecule is COC(=O)c1cccc([N+](=O)[O-])c1.COC(=O)c1ccccc1. The topological polar surface area (TPSA) is 95.7 Å². The Morgan fingerprint density at radius 2 is 1.39 bits per heavy atom. The summed E-state index contributed by atoms with van der Waals surface area (Å²) in [4.78, 5) is 31.5. The van der Waals surface area contributed by atoms with Gasteiger partial charge in [0.05, 0.1) is 30.3 Å². The molecule has 7 nitrogen and oxygen atoms in total. The van der Waals surface area contributed by atoms with Gasteiger partial charge in [0.15, 0.2) is 0 Å². The fourth-order valence-electron chi connectivity index (χ4n) is 1.56. The van der Waals surface area contributed by atoms with Crippen LogP contribution < -0.4 is 0 Å². The third kappa shape index (κ3) is 5.58. The third-order valence-electron chi connectivity index (χ3n) is 2.67. The summed E-state index contributed by atoms with van der Waals surface area (Å²) in [5.41, 5.74) is 0.643. The van der Waals surface area contributed by atoms with Crippen LogP contribution in [-0.2, 0) is 9.47 Å². The normalized spacial score (nSPS) is 9.13. The number of methoxy groups -OCH3 is 2. The van der Waals surface area contributed by atoms with Crippen molar-refractivity contribution >= 4 is 17.6 Å². The molecule has 7 heteroatoms. The van der Waals surface area contributed by atoms with Crippen LogP contribution in [0.2, 0.25) is 0 Å². The second-order valence-corrected chi connectivity index (χ2v) is 4.16. The minimum atomic E-state index is -0.580. The number of hydrogen-bond acceptors (Lipinski definition) is 6. The molecule has 23 heavy (non-hydrogen) atoms. The number of benzene rings is 2. The number of esters is 2. The summed E-state index contributed by atoms with van der Waals surface area (Å²) in [7, 11) is 2.59. The molecule has 0 atom stereocenters. The number of rotatable bonds is 3. The lowest BCUT2D eigenvalue weighted by Crippen LogP contribution is -2.01. The maximum absolute atomic E-state index is 10.9. The molecule has 0 aromatic heterocycles. The first kappa shape index (κ1) is 17.8. The molecule has 0 aliphatic rings. The van der Waals surface area contributed by atoms with E-state index in [9.17, 15) is 19.7 Å².